The lowest BCUT2D eigenvalue weighted by Crippen LogP contribution is -2.34. The molecule has 78 valence electrons. The van der Waals surface area contributed by atoms with Crippen LogP contribution >= 0.6 is 11.3 Å². The molecular weight excluding hydrogens is 190 g/mol. The summed E-state index contributed by atoms with van der Waals surface area (Å²) in [5.74, 6) is 1.81. The third-order valence-electron chi connectivity index (χ3n) is 3.35. The molecule has 0 aliphatic carbocycles. The first-order chi connectivity index (χ1) is 6.77. The smallest absolute Gasteiger partial charge is 0.0474 e. The van der Waals surface area contributed by atoms with Crippen molar-refractivity contribution in [2.75, 3.05) is 18.0 Å². The summed E-state index contributed by atoms with van der Waals surface area (Å²) in [6.07, 6.45) is 2.74. The largest absolute Gasteiger partial charge is 0.371 e. The molecule has 1 aliphatic heterocycles. The van der Waals surface area contributed by atoms with E-state index in [4.69, 9.17) is 0 Å². The van der Waals surface area contributed by atoms with Gasteiger partial charge in [0.2, 0.25) is 0 Å². The Bertz CT molecular complexity index is 258. The van der Waals surface area contributed by atoms with Crippen molar-refractivity contribution in [3.05, 3.63) is 16.8 Å². The van der Waals surface area contributed by atoms with E-state index in [1.807, 2.05) is 0 Å². The second-order valence-corrected chi connectivity index (χ2v) is 5.33. The molecule has 0 bridgehead atoms. The van der Waals surface area contributed by atoms with Gasteiger partial charge in [-0.2, -0.15) is 11.3 Å². The van der Waals surface area contributed by atoms with Gasteiger partial charge in [-0.15, -0.1) is 0 Å². The third kappa shape index (κ3) is 2.11. The second-order valence-electron chi connectivity index (χ2n) is 4.55. The first-order valence-corrected chi connectivity index (χ1v) is 6.49. The number of hydrogen-bond acceptors (Lipinski definition) is 2. The standard InChI is InChI=1S/C12H19NS/c1-10(2)11-3-6-13(7-4-11)12-5-8-14-9-12/h5,8-11H,3-4,6-7H2,1-2H3. The summed E-state index contributed by atoms with van der Waals surface area (Å²) in [6.45, 7) is 7.20. The van der Waals surface area contributed by atoms with E-state index in [-0.39, 0.29) is 0 Å². The van der Waals surface area contributed by atoms with Gasteiger partial charge in [0.05, 0.1) is 0 Å². The Kier molecular flexibility index (Phi) is 3.12. The minimum absolute atomic E-state index is 0.861. The number of rotatable bonds is 2. The Morgan fingerprint density at radius 2 is 2.07 bits per heavy atom. The molecule has 0 atom stereocenters. The Hall–Kier alpha value is -0.500. The number of nitrogens with zero attached hydrogens (tertiary/aromatic N) is 1. The molecule has 2 rings (SSSR count). The van der Waals surface area contributed by atoms with Gasteiger partial charge in [-0.05, 0) is 36.1 Å². The fraction of sp³-hybridized carbons (Fsp3) is 0.667. The van der Waals surface area contributed by atoms with E-state index in [1.54, 1.807) is 11.3 Å². The van der Waals surface area contributed by atoms with Gasteiger partial charge in [0.25, 0.3) is 0 Å². The van der Waals surface area contributed by atoms with E-state index in [0.717, 1.165) is 11.8 Å². The molecule has 14 heavy (non-hydrogen) atoms. The number of anilines is 1. The average Bonchev–Trinajstić information content (AvgIpc) is 2.71. The number of piperidine rings is 1. The van der Waals surface area contributed by atoms with Crippen LogP contribution in [-0.4, -0.2) is 13.1 Å². The van der Waals surface area contributed by atoms with E-state index in [0.29, 0.717) is 0 Å². The maximum Gasteiger partial charge on any atom is 0.0474 e. The van der Waals surface area contributed by atoms with Gasteiger partial charge < -0.3 is 4.90 Å². The van der Waals surface area contributed by atoms with Crippen molar-refractivity contribution < 1.29 is 0 Å². The quantitative estimate of drug-likeness (QED) is 0.719. The predicted octanol–water partition coefficient (Wildman–Crippen LogP) is 3.62. The van der Waals surface area contributed by atoms with E-state index in [2.05, 4.69) is 35.6 Å². The van der Waals surface area contributed by atoms with E-state index in [1.165, 1.54) is 31.6 Å². The van der Waals surface area contributed by atoms with Crippen LogP contribution in [0.2, 0.25) is 0 Å². The van der Waals surface area contributed by atoms with Crippen LogP contribution in [0.4, 0.5) is 5.69 Å². The molecule has 0 saturated carbocycles. The zero-order valence-corrected chi connectivity index (χ0v) is 9.89. The van der Waals surface area contributed by atoms with Gasteiger partial charge in [-0.25, -0.2) is 0 Å². The van der Waals surface area contributed by atoms with Gasteiger partial charge in [0.15, 0.2) is 0 Å². The molecular formula is C12H19NS. The van der Waals surface area contributed by atoms with Crippen LogP contribution in [0.1, 0.15) is 26.7 Å². The summed E-state index contributed by atoms with van der Waals surface area (Å²) in [5.41, 5.74) is 1.43. The highest BCUT2D eigenvalue weighted by atomic mass is 32.1. The lowest BCUT2D eigenvalue weighted by molar-refractivity contribution is 0.311. The lowest BCUT2D eigenvalue weighted by atomic mass is 9.87. The summed E-state index contributed by atoms with van der Waals surface area (Å²) in [4.78, 5) is 2.52. The maximum absolute atomic E-state index is 2.52. The van der Waals surface area contributed by atoms with Gasteiger partial charge in [-0.3, -0.25) is 0 Å². The van der Waals surface area contributed by atoms with Crippen molar-refractivity contribution in [1.82, 2.24) is 0 Å². The first-order valence-electron chi connectivity index (χ1n) is 5.54. The molecule has 1 nitrogen and oxygen atoms in total. The summed E-state index contributed by atoms with van der Waals surface area (Å²) in [7, 11) is 0. The first kappa shape index (κ1) is 10.0. The molecule has 0 amide bonds. The van der Waals surface area contributed by atoms with Gasteiger partial charge in [0, 0.05) is 24.2 Å². The van der Waals surface area contributed by atoms with Crippen molar-refractivity contribution in [3.8, 4) is 0 Å². The zero-order valence-electron chi connectivity index (χ0n) is 9.07. The Morgan fingerprint density at radius 3 is 2.57 bits per heavy atom. The Balaban J connectivity index is 1.90. The summed E-state index contributed by atoms with van der Waals surface area (Å²) in [6, 6.07) is 2.24. The molecule has 2 heteroatoms. The van der Waals surface area contributed by atoms with Gasteiger partial charge in [0.1, 0.15) is 0 Å². The van der Waals surface area contributed by atoms with Crippen molar-refractivity contribution in [2.24, 2.45) is 11.8 Å². The van der Waals surface area contributed by atoms with Crippen molar-refractivity contribution in [2.45, 2.75) is 26.7 Å². The van der Waals surface area contributed by atoms with Crippen molar-refractivity contribution >= 4 is 17.0 Å². The van der Waals surface area contributed by atoms with E-state index in [9.17, 15) is 0 Å². The molecule has 1 aromatic heterocycles. The van der Waals surface area contributed by atoms with Crippen molar-refractivity contribution in [1.29, 1.82) is 0 Å². The van der Waals surface area contributed by atoms with Gasteiger partial charge in [-0.1, -0.05) is 13.8 Å². The average molecular weight is 209 g/mol. The SMILES string of the molecule is CC(C)C1CCN(c2ccsc2)CC1. The van der Waals surface area contributed by atoms with E-state index >= 15 is 0 Å². The maximum atomic E-state index is 2.52. The molecule has 2 heterocycles. The summed E-state index contributed by atoms with van der Waals surface area (Å²) in [5, 5.41) is 4.43. The highest BCUT2D eigenvalue weighted by Gasteiger charge is 2.21. The summed E-state index contributed by atoms with van der Waals surface area (Å²) >= 11 is 1.80. The van der Waals surface area contributed by atoms with Crippen molar-refractivity contribution in [3.63, 3.8) is 0 Å². The zero-order chi connectivity index (χ0) is 9.97. The monoisotopic (exact) mass is 209 g/mol. The molecule has 1 aromatic rings. The fourth-order valence-corrected chi connectivity index (χ4v) is 2.93. The normalized spacial score (nSPS) is 19.2. The highest BCUT2D eigenvalue weighted by Crippen LogP contribution is 2.28. The molecule has 0 aromatic carbocycles. The predicted molar refractivity (Wildman–Crippen MR) is 64.1 cm³/mol. The van der Waals surface area contributed by atoms with Crippen LogP contribution in [-0.2, 0) is 0 Å². The molecule has 1 fully saturated rings. The number of hydrogen-bond donors (Lipinski definition) is 0. The van der Waals surface area contributed by atoms with E-state index < -0.39 is 0 Å². The molecule has 1 aliphatic rings. The summed E-state index contributed by atoms with van der Waals surface area (Å²) < 4.78 is 0. The fourth-order valence-electron chi connectivity index (χ4n) is 2.26. The van der Waals surface area contributed by atoms with Crippen LogP contribution in [0.15, 0.2) is 16.8 Å². The van der Waals surface area contributed by atoms with Crippen LogP contribution in [0.5, 0.6) is 0 Å². The topological polar surface area (TPSA) is 3.24 Å². The molecule has 0 unspecified atom stereocenters. The van der Waals surface area contributed by atoms with Gasteiger partial charge >= 0.3 is 0 Å². The molecule has 0 N–H and O–H groups in total. The minimum Gasteiger partial charge on any atom is -0.371 e. The minimum atomic E-state index is 0.861. The number of thiophene rings is 1. The van der Waals surface area contributed by atoms with Crippen LogP contribution < -0.4 is 4.90 Å². The van der Waals surface area contributed by atoms with Crippen LogP contribution in [0, 0.1) is 11.8 Å². The Labute approximate surface area is 90.7 Å². The molecule has 0 radical (unpaired) electrons. The molecule has 0 spiro atoms. The van der Waals surface area contributed by atoms with Crippen LogP contribution in [0.3, 0.4) is 0 Å². The highest BCUT2D eigenvalue weighted by molar-refractivity contribution is 7.08. The molecule has 1 saturated heterocycles. The van der Waals surface area contributed by atoms with Crippen LogP contribution in [0.25, 0.3) is 0 Å². The second kappa shape index (κ2) is 4.35. The lowest BCUT2D eigenvalue weighted by Gasteiger charge is -2.34. The third-order valence-corrected chi connectivity index (χ3v) is 4.02. The Morgan fingerprint density at radius 1 is 1.36 bits per heavy atom.